The number of likely N-dealkylation sites (tertiary alicyclic amines) is 1. The zero-order valence-electron chi connectivity index (χ0n) is 10.6. The van der Waals surface area contributed by atoms with Crippen LogP contribution in [0.1, 0.15) is 26.7 Å². The van der Waals surface area contributed by atoms with Gasteiger partial charge in [-0.1, -0.05) is 0 Å². The number of nitrogens with zero attached hydrogens (tertiary/aromatic N) is 2. The highest BCUT2D eigenvalue weighted by molar-refractivity contribution is 5.78. The molecule has 0 bridgehead atoms. The normalized spacial score (nSPS) is 19.6. The number of hydrogen-bond donors (Lipinski definition) is 3. The number of amides is 1. The molecule has 0 atom stereocenters. The maximum Gasteiger partial charge on any atom is 0.231 e. The lowest BCUT2D eigenvalue weighted by atomic mass is 10.1. The summed E-state index contributed by atoms with van der Waals surface area (Å²) in [6.45, 7) is 6.10. The molecule has 6 heteroatoms. The van der Waals surface area contributed by atoms with E-state index in [1.165, 1.54) is 0 Å². The third kappa shape index (κ3) is 5.53. The Labute approximate surface area is 102 Å². The second-order valence-corrected chi connectivity index (χ2v) is 4.79. The number of piperidine rings is 1. The summed E-state index contributed by atoms with van der Waals surface area (Å²) < 4.78 is 0. The van der Waals surface area contributed by atoms with Crippen molar-refractivity contribution in [1.82, 2.24) is 10.2 Å². The molecule has 0 aliphatic carbocycles. The highest BCUT2D eigenvalue weighted by Gasteiger charge is 2.19. The zero-order chi connectivity index (χ0) is 12.8. The largest absolute Gasteiger partial charge is 0.370 e. The molecule has 1 rings (SSSR count). The molecule has 1 heterocycles. The highest BCUT2D eigenvalue weighted by Crippen LogP contribution is 2.12. The standard InChI is InChI=1S/C11H23N5O/c1-8(2)14-11(13)15-9-3-5-16(6-4-9)7-10(12)17/h8-9H,3-7H2,1-2H3,(H2,12,17)(H3,13,14,15). The fourth-order valence-corrected chi connectivity index (χ4v) is 1.96. The van der Waals surface area contributed by atoms with Crippen molar-refractivity contribution >= 4 is 11.9 Å². The van der Waals surface area contributed by atoms with Crippen LogP contribution in [0.15, 0.2) is 4.99 Å². The van der Waals surface area contributed by atoms with Gasteiger partial charge in [-0.25, -0.2) is 0 Å². The topological polar surface area (TPSA) is 96.7 Å². The lowest BCUT2D eigenvalue weighted by Gasteiger charge is -2.29. The average Bonchev–Trinajstić information content (AvgIpc) is 2.18. The number of carbonyl (C=O) groups is 1. The Morgan fingerprint density at radius 3 is 2.47 bits per heavy atom. The van der Waals surface area contributed by atoms with Gasteiger partial charge in [-0.05, 0) is 26.7 Å². The molecule has 5 N–H and O–H groups in total. The molecule has 1 saturated heterocycles. The van der Waals surface area contributed by atoms with Crippen LogP contribution in [0.3, 0.4) is 0 Å². The third-order valence-corrected chi connectivity index (χ3v) is 2.69. The van der Waals surface area contributed by atoms with Crippen LogP contribution < -0.4 is 16.8 Å². The first-order chi connectivity index (χ1) is 7.97. The Morgan fingerprint density at radius 1 is 1.41 bits per heavy atom. The van der Waals surface area contributed by atoms with Crippen molar-refractivity contribution in [2.24, 2.45) is 16.5 Å². The quantitative estimate of drug-likeness (QED) is 0.445. The Bertz CT molecular complexity index is 282. The van der Waals surface area contributed by atoms with Crippen molar-refractivity contribution in [3.63, 3.8) is 0 Å². The molecule has 0 aromatic heterocycles. The van der Waals surface area contributed by atoms with E-state index in [9.17, 15) is 4.79 Å². The molecule has 1 aliphatic rings. The molecular weight excluding hydrogens is 218 g/mol. The molecule has 1 aliphatic heterocycles. The van der Waals surface area contributed by atoms with Crippen LogP contribution in [-0.2, 0) is 4.79 Å². The summed E-state index contributed by atoms with van der Waals surface area (Å²) in [7, 11) is 0. The van der Waals surface area contributed by atoms with Crippen LogP contribution >= 0.6 is 0 Å². The summed E-state index contributed by atoms with van der Waals surface area (Å²) in [6, 6.07) is 0.555. The van der Waals surface area contributed by atoms with Crippen LogP contribution in [0.4, 0.5) is 0 Å². The molecule has 0 radical (unpaired) electrons. The Balaban J connectivity index is 2.34. The molecular formula is C11H23N5O. The lowest BCUT2D eigenvalue weighted by molar-refractivity contribution is -0.119. The van der Waals surface area contributed by atoms with Crippen LogP contribution in [0.25, 0.3) is 0 Å². The predicted molar refractivity (Wildman–Crippen MR) is 68.6 cm³/mol. The number of carbonyl (C=O) groups excluding carboxylic acids is 1. The van der Waals surface area contributed by atoms with Crippen LogP contribution in [0, 0.1) is 0 Å². The van der Waals surface area contributed by atoms with E-state index in [0.29, 0.717) is 18.5 Å². The number of nitrogens with two attached hydrogens (primary N) is 2. The second-order valence-electron chi connectivity index (χ2n) is 4.79. The van der Waals surface area contributed by atoms with Gasteiger partial charge in [0.25, 0.3) is 0 Å². The second kappa shape index (κ2) is 6.44. The molecule has 0 saturated carbocycles. The molecule has 98 valence electrons. The van der Waals surface area contributed by atoms with Crippen LogP contribution in [0.5, 0.6) is 0 Å². The van der Waals surface area contributed by atoms with Crippen LogP contribution in [0.2, 0.25) is 0 Å². The minimum absolute atomic E-state index is 0.255. The molecule has 0 spiro atoms. The van der Waals surface area contributed by atoms with E-state index in [4.69, 9.17) is 11.5 Å². The van der Waals surface area contributed by atoms with Crippen molar-refractivity contribution < 1.29 is 4.79 Å². The molecule has 0 aromatic carbocycles. The minimum atomic E-state index is -0.270. The van der Waals surface area contributed by atoms with E-state index >= 15 is 0 Å². The van der Waals surface area contributed by atoms with Crippen molar-refractivity contribution in [1.29, 1.82) is 0 Å². The van der Waals surface area contributed by atoms with E-state index in [0.717, 1.165) is 25.9 Å². The van der Waals surface area contributed by atoms with E-state index in [-0.39, 0.29) is 11.9 Å². The number of guanidine groups is 1. The maximum absolute atomic E-state index is 10.8. The zero-order valence-corrected chi connectivity index (χ0v) is 10.6. The average molecular weight is 241 g/mol. The smallest absolute Gasteiger partial charge is 0.231 e. The minimum Gasteiger partial charge on any atom is -0.370 e. The maximum atomic E-state index is 10.8. The fraction of sp³-hybridized carbons (Fsp3) is 0.818. The van der Waals surface area contributed by atoms with E-state index in [1.54, 1.807) is 0 Å². The summed E-state index contributed by atoms with van der Waals surface area (Å²) >= 11 is 0. The van der Waals surface area contributed by atoms with Gasteiger partial charge in [0, 0.05) is 19.1 Å². The molecule has 0 aromatic rings. The number of primary amides is 1. The summed E-state index contributed by atoms with van der Waals surface area (Å²) in [5.74, 6) is 0.237. The van der Waals surface area contributed by atoms with Gasteiger partial charge < -0.3 is 16.8 Å². The Hall–Kier alpha value is -1.30. The van der Waals surface area contributed by atoms with Crippen molar-refractivity contribution in [2.75, 3.05) is 19.6 Å². The van der Waals surface area contributed by atoms with Gasteiger partial charge in [-0.2, -0.15) is 0 Å². The molecule has 1 fully saturated rings. The van der Waals surface area contributed by atoms with Crippen molar-refractivity contribution in [2.45, 2.75) is 38.8 Å². The monoisotopic (exact) mass is 241 g/mol. The van der Waals surface area contributed by atoms with Gasteiger partial charge in [0.1, 0.15) is 0 Å². The summed E-state index contributed by atoms with van der Waals surface area (Å²) in [5, 5.41) is 3.07. The van der Waals surface area contributed by atoms with Crippen molar-refractivity contribution in [3.8, 4) is 0 Å². The molecule has 1 amide bonds. The first-order valence-corrected chi connectivity index (χ1v) is 6.08. The van der Waals surface area contributed by atoms with E-state index in [1.807, 2.05) is 13.8 Å². The number of hydrogen-bond acceptors (Lipinski definition) is 3. The van der Waals surface area contributed by atoms with Gasteiger partial charge in [-0.15, -0.1) is 0 Å². The molecule has 6 nitrogen and oxygen atoms in total. The SMILES string of the molecule is CC(C)NC(N)=NC1CCN(CC(N)=O)CC1. The van der Waals surface area contributed by atoms with E-state index in [2.05, 4.69) is 15.2 Å². The third-order valence-electron chi connectivity index (χ3n) is 2.69. The van der Waals surface area contributed by atoms with Gasteiger partial charge in [0.15, 0.2) is 5.96 Å². The van der Waals surface area contributed by atoms with E-state index < -0.39 is 0 Å². The van der Waals surface area contributed by atoms with Gasteiger partial charge in [-0.3, -0.25) is 14.7 Å². The molecule has 17 heavy (non-hydrogen) atoms. The summed E-state index contributed by atoms with van der Waals surface area (Å²) in [5.41, 5.74) is 10.9. The number of aliphatic imine (C=N–C) groups is 1. The first-order valence-electron chi connectivity index (χ1n) is 6.08. The van der Waals surface area contributed by atoms with Gasteiger partial charge >= 0.3 is 0 Å². The first kappa shape index (κ1) is 13.8. The van der Waals surface area contributed by atoms with Crippen LogP contribution in [-0.4, -0.2) is 48.5 Å². The van der Waals surface area contributed by atoms with Gasteiger partial charge in [0.2, 0.25) is 5.91 Å². The highest BCUT2D eigenvalue weighted by atomic mass is 16.1. The van der Waals surface area contributed by atoms with Crippen molar-refractivity contribution in [3.05, 3.63) is 0 Å². The predicted octanol–water partition coefficient (Wildman–Crippen LogP) is -0.751. The lowest BCUT2D eigenvalue weighted by Crippen LogP contribution is -2.42. The Kier molecular flexibility index (Phi) is 5.21. The summed E-state index contributed by atoms with van der Waals surface area (Å²) in [6.07, 6.45) is 1.85. The number of rotatable bonds is 4. The number of nitrogens with one attached hydrogen (secondary N) is 1. The molecule has 0 unspecified atom stereocenters. The summed E-state index contributed by atoms with van der Waals surface area (Å²) in [4.78, 5) is 17.3. The fourth-order valence-electron chi connectivity index (χ4n) is 1.96. The van der Waals surface area contributed by atoms with Gasteiger partial charge in [0.05, 0.1) is 12.6 Å². The Morgan fingerprint density at radius 2 is 2.00 bits per heavy atom.